The van der Waals surface area contributed by atoms with E-state index in [2.05, 4.69) is 28.2 Å². The van der Waals surface area contributed by atoms with Crippen LogP contribution in [0.15, 0.2) is 24.4 Å². The molecule has 1 heterocycles. The maximum absolute atomic E-state index is 10.5. The van der Waals surface area contributed by atoms with Gasteiger partial charge in [0.1, 0.15) is 0 Å². The maximum atomic E-state index is 10.5. The number of aromatic amines is 1. The molecule has 0 fully saturated rings. The third kappa shape index (κ3) is 1.81. The van der Waals surface area contributed by atoms with Gasteiger partial charge in [0.25, 0.3) is 0 Å². The van der Waals surface area contributed by atoms with Crippen molar-refractivity contribution in [3.63, 3.8) is 0 Å². The second kappa shape index (κ2) is 3.69. The summed E-state index contributed by atoms with van der Waals surface area (Å²) in [4.78, 5) is 17.4. The summed E-state index contributed by atoms with van der Waals surface area (Å²) in [6, 6.07) is 6.21. The Kier molecular flexibility index (Phi) is 2.37. The highest BCUT2D eigenvalue weighted by Gasteiger charge is 2.05. The SMILES string of the molecule is Cc1ccc(C)c(-c2cnc(C=O)[nH]2)c1. The molecule has 0 aliphatic rings. The first-order chi connectivity index (χ1) is 7.20. The zero-order valence-corrected chi connectivity index (χ0v) is 8.74. The lowest BCUT2D eigenvalue weighted by molar-refractivity contribution is 0.111. The summed E-state index contributed by atoms with van der Waals surface area (Å²) in [6.45, 7) is 4.08. The van der Waals surface area contributed by atoms with Crippen molar-refractivity contribution in [2.24, 2.45) is 0 Å². The van der Waals surface area contributed by atoms with Crippen LogP contribution in [0.1, 0.15) is 21.7 Å². The molecule has 76 valence electrons. The molecule has 1 N–H and O–H groups in total. The van der Waals surface area contributed by atoms with Crippen molar-refractivity contribution in [3.8, 4) is 11.3 Å². The van der Waals surface area contributed by atoms with Gasteiger partial charge in [-0.15, -0.1) is 0 Å². The second-order valence-corrected chi connectivity index (χ2v) is 3.62. The Hall–Kier alpha value is -1.90. The van der Waals surface area contributed by atoms with Gasteiger partial charge < -0.3 is 4.98 Å². The molecule has 2 aromatic rings. The topological polar surface area (TPSA) is 45.8 Å². The number of benzene rings is 1. The van der Waals surface area contributed by atoms with Gasteiger partial charge in [-0.05, 0) is 25.5 Å². The van der Waals surface area contributed by atoms with E-state index in [1.54, 1.807) is 6.20 Å². The molecule has 0 atom stereocenters. The number of rotatable bonds is 2. The molecule has 0 aliphatic carbocycles. The molecule has 0 bridgehead atoms. The highest BCUT2D eigenvalue weighted by atomic mass is 16.1. The van der Waals surface area contributed by atoms with Crippen LogP contribution >= 0.6 is 0 Å². The van der Waals surface area contributed by atoms with Crippen molar-refractivity contribution in [2.75, 3.05) is 0 Å². The van der Waals surface area contributed by atoms with Crippen LogP contribution in [0.4, 0.5) is 0 Å². The summed E-state index contributed by atoms with van der Waals surface area (Å²) in [5.74, 6) is 0.367. The number of H-pyrrole nitrogens is 1. The Morgan fingerprint density at radius 3 is 2.80 bits per heavy atom. The lowest BCUT2D eigenvalue weighted by atomic mass is 10.0. The van der Waals surface area contributed by atoms with Gasteiger partial charge in [-0.25, -0.2) is 4.98 Å². The van der Waals surface area contributed by atoms with Crippen molar-refractivity contribution in [1.29, 1.82) is 0 Å². The van der Waals surface area contributed by atoms with E-state index in [0.717, 1.165) is 11.3 Å². The van der Waals surface area contributed by atoms with Crippen LogP contribution in [0.5, 0.6) is 0 Å². The summed E-state index contributed by atoms with van der Waals surface area (Å²) < 4.78 is 0. The minimum atomic E-state index is 0.367. The Bertz CT molecular complexity index is 500. The standard InChI is InChI=1S/C12H12N2O/c1-8-3-4-9(2)10(5-8)11-6-13-12(7-15)14-11/h3-7H,1-2H3,(H,13,14). The number of aldehydes is 1. The van der Waals surface area contributed by atoms with Gasteiger partial charge in [0, 0.05) is 5.56 Å². The number of aryl methyl sites for hydroxylation is 2. The molecule has 0 spiro atoms. The van der Waals surface area contributed by atoms with Gasteiger partial charge in [-0.2, -0.15) is 0 Å². The largest absolute Gasteiger partial charge is 0.336 e. The number of hydrogen-bond donors (Lipinski definition) is 1. The van der Waals surface area contributed by atoms with Gasteiger partial charge in [0.15, 0.2) is 12.1 Å². The molecule has 0 amide bonds. The van der Waals surface area contributed by atoms with Gasteiger partial charge in [-0.1, -0.05) is 17.7 Å². The third-order valence-electron chi connectivity index (χ3n) is 2.39. The van der Waals surface area contributed by atoms with Crippen LogP contribution in [-0.2, 0) is 0 Å². The van der Waals surface area contributed by atoms with Crippen molar-refractivity contribution in [2.45, 2.75) is 13.8 Å². The minimum Gasteiger partial charge on any atom is -0.336 e. The normalized spacial score (nSPS) is 10.3. The third-order valence-corrected chi connectivity index (χ3v) is 2.39. The number of aromatic nitrogens is 2. The van der Waals surface area contributed by atoms with E-state index in [9.17, 15) is 4.79 Å². The molecule has 15 heavy (non-hydrogen) atoms. The van der Waals surface area contributed by atoms with Crippen molar-refractivity contribution in [3.05, 3.63) is 41.3 Å². The number of nitrogens with zero attached hydrogens (tertiary/aromatic N) is 1. The number of imidazole rings is 1. The first-order valence-electron chi connectivity index (χ1n) is 4.78. The van der Waals surface area contributed by atoms with Crippen molar-refractivity contribution < 1.29 is 4.79 Å². The Labute approximate surface area is 88.2 Å². The smallest absolute Gasteiger partial charge is 0.185 e. The van der Waals surface area contributed by atoms with Crippen molar-refractivity contribution >= 4 is 6.29 Å². The molecule has 0 radical (unpaired) electrons. The predicted octanol–water partition coefficient (Wildman–Crippen LogP) is 2.51. The first-order valence-corrected chi connectivity index (χ1v) is 4.78. The Balaban J connectivity index is 2.52. The van der Waals surface area contributed by atoms with E-state index in [1.807, 2.05) is 13.8 Å². The quantitative estimate of drug-likeness (QED) is 0.757. The molecule has 2 rings (SSSR count). The summed E-state index contributed by atoms with van der Waals surface area (Å²) in [6.07, 6.45) is 2.40. The molecular formula is C12H12N2O. The Morgan fingerprint density at radius 1 is 1.33 bits per heavy atom. The number of nitrogens with one attached hydrogen (secondary N) is 1. The maximum Gasteiger partial charge on any atom is 0.185 e. The lowest BCUT2D eigenvalue weighted by Crippen LogP contribution is -1.86. The van der Waals surface area contributed by atoms with Crippen molar-refractivity contribution in [1.82, 2.24) is 9.97 Å². The molecule has 3 nitrogen and oxygen atoms in total. The zero-order valence-electron chi connectivity index (χ0n) is 8.74. The van der Waals surface area contributed by atoms with Gasteiger partial charge >= 0.3 is 0 Å². The summed E-state index contributed by atoms with van der Waals surface area (Å²) >= 11 is 0. The van der Waals surface area contributed by atoms with E-state index < -0.39 is 0 Å². The summed E-state index contributed by atoms with van der Waals surface area (Å²) in [5.41, 5.74) is 4.34. The molecule has 0 unspecified atom stereocenters. The molecular weight excluding hydrogens is 188 g/mol. The van der Waals surface area contributed by atoms with E-state index in [1.165, 1.54) is 11.1 Å². The van der Waals surface area contributed by atoms with E-state index in [-0.39, 0.29) is 0 Å². The molecule has 1 aromatic heterocycles. The van der Waals surface area contributed by atoms with Crippen LogP contribution in [-0.4, -0.2) is 16.3 Å². The fourth-order valence-electron chi connectivity index (χ4n) is 1.56. The predicted molar refractivity (Wildman–Crippen MR) is 58.9 cm³/mol. The average Bonchev–Trinajstić information content (AvgIpc) is 2.70. The first kappa shape index (κ1) is 9.65. The van der Waals surface area contributed by atoms with Gasteiger partial charge in [0.05, 0.1) is 11.9 Å². The number of carbonyl (C=O) groups excluding carboxylic acids is 1. The molecule has 3 heteroatoms. The molecule has 0 aliphatic heterocycles. The zero-order chi connectivity index (χ0) is 10.8. The fourth-order valence-corrected chi connectivity index (χ4v) is 1.56. The van der Waals surface area contributed by atoms with E-state index >= 15 is 0 Å². The Morgan fingerprint density at radius 2 is 2.13 bits per heavy atom. The highest BCUT2D eigenvalue weighted by Crippen LogP contribution is 2.22. The summed E-state index contributed by atoms with van der Waals surface area (Å²) in [5, 5.41) is 0. The van der Waals surface area contributed by atoms with Crippen LogP contribution in [0.25, 0.3) is 11.3 Å². The summed E-state index contributed by atoms with van der Waals surface area (Å²) in [7, 11) is 0. The van der Waals surface area contributed by atoms with Crippen LogP contribution < -0.4 is 0 Å². The van der Waals surface area contributed by atoms with Crippen LogP contribution in [0, 0.1) is 13.8 Å². The van der Waals surface area contributed by atoms with Gasteiger partial charge in [-0.3, -0.25) is 4.79 Å². The van der Waals surface area contributed by atoms with Gasteiger partial charge in [0.2, 0.25) is 0 Å². The molecule has 0 saturated carbocycles. The average molecular weight is 200 g/mol. The lowest BCUT2D eigenvalue weighted by Gasteiger charge is -2.03. The van der Waals surface area contributed by atoms with Crippen LogP contribution in [0.2, 0.25) is 0 Å². The fraction of sp³-hybridized carbons (Fsp3) is 0.167. The number of carbonyl (C=O) groups is 1. The van der Waals surface area contributed by atoms with Crippen LogP contribution in [0.3, 0.4) is 0 Å². The van der Waals surface area contributed by atoms with E-state index in [0.29, 0.717) is 12.1 Å². The monoisotopic (exact) mass is 200 g/mol. The van der Waals surface area contributed by atoms with E-state index in [4.69, 9.17) is 0 Å². The highest BCUT2D eigenvalue weighted by molar-refractivity contribution is 5.72. The molecule has 0 saturated heterocycles. The second-order valence-electron chi connectivity index (χ2n) is 3.62. The number of hydrogen-bond acceptors (Lipinski definition) is 2. The minimum absolute atomic E-state index is 0.367. The molecule has 1 aromatic carbocycles.